The van der Waals surface area contributed by atoms with Crippen molar-refractivity contribution in [3.05, 3.63) is 0 Å². The highest BCUT2D eigenvalue weighted by Gasteiger charge is 2.10. The van der Waals surface area contributed by atoms with Crippen LogP contribution in [0.1, 0.15) is 19.3 Å². The molecular weight excluding hydrogens is 134 g/mol. The van der Waals surface area contributed by atoms with Gasteiger partial charge in [-0.15, -0.1) is 11.6 Å². The summed E-state index contributed by atoms with van der Waals surface area (Å²) in [4.78, 5) is 2.35. The van der Waals surface area contributed by atoms with Gasteiger partial charge in [0.1, 0.15) is 0 Å². The third kappa shape index (κ3) is 2.55. The quantitative estimate of drug-likeness (QED) is 0.472. The van der Waals surface area contributed by atoms with E-state index in [-0.39, 0.29) is 0 Å². The zero-order valence-corrected chi connectivity index (χ0v) is 6.69. The van der Waals surface area contributed by atoms with Gasteiger partial charge in [-0.3, -0.25) is 0 Å². The van der Waals surface area contributed by atoms with Crippen molar-refractivity contribution in [1.29, 1.82) is 0 Å². The molecule has 1 atom stereocenters. The third-order valence-corrected chi connectivity index (χ3v) is 2.32. The molecule has 1 heterocycles. The Bertz CT molecular complexity index is 75.0. The molecule has 0 unspecified atom stereocenters. The molecule has 0 N–H and O–H groups in total. The zero-order valence-electron chi connectivity index (χ0n) is 5.94. The second kappa shape index (κ2) is 3.43. The maximum atomic E-state index is 5.96. The summed E-state index contributed by atoms with van der Waals surface area (Å²) in [6, 6.07) is 0. The maximum absolute atomic E-state index is 5.96. The lowest BCUT2D eigenvalue weighted by molar-refractivity contribution is 0.349. The number of rotatable bonds is 0. The first kappa shape index (κ1) is 7.36. The van der Waals surface area contributed by atoms with E-state index in [1.165, 1.54) is 25.9 Å². The minimum absolute atomic E-state index is 0.440. The normalized spacial score (nSPS) is 32.0. The van der Waals surface area contributed by atoms with E-state index >= 15 is 0 Å². The van der Waals surface area contributed by atoms with Crippen molar-refractivity contribution in [1.82, 2.24) is 4.90 Å². The van der Waals surface area contributed by atoms with Crippen LogP contribution < -0.4 is 0 Å². The van der Waals surface area contributed by atoms with Gasteiger partial charge in [0.2, 0.25) is 0 Å². The summed E-state index contributed by atoms with van der Waals surface area (Å²) in [6.45, 7) is 2.40. The smallest absolute Gasteiger partial charge is 0.0348 e. The predicted octanol–water partition coefficient (Wildman–Crippen LogP) is 1.71. The maximum Gasteiger partial charge on any atom is 0.0348 e. The molecule has 0 saturated carbocycles. The molecule has 0 spiro atoms. The fraction of sp³-hybridized carbons (Fsp3) is 1.00. The molecule has 0 aromatic rings. The van der Waals surface area contributed by atoms with E-state index in [1.54, 1.807) is 0 Å². The van der Waals surface area contributed by atoms with Crippen LogP contribution in [0, 0.1) is 0 Å². The Morgan fingerprint density at radius 3 is 2.89 bits per heavy atom. The van der Waals surface area contributed by atoms with Gasteiger partial charge in [-0.25, -0.2) is 0 Å². The van der Waals surface area contributed by atoms with E-state index in [1.807, 2.05) is 0 Å². The summed E-state index contributed by atoms with van der Waals surface area (Å²) >= 11 is 5.96. The molecule has 0 radical (unpaired) electrons. The summed E-state index contributed by atoms with van der Waals surface area (Å²) in [7, 11) is 2.16. The number of hydrogen-bond acceptors (Lipinski definition) is 1. The Balaban J connectivity index is 2.25. The van der Waals surface area contributed by atoms with Crippen molar-refractivity contribution < 1.29 is 0 Å². The summed E-state index contributed by atoms with van der Waals surface area (Å²) < 4.78 is 0. The van der Waals surface area contributed by atoms with Crippen LogP contribution in [0.25, 0.3) is 0 Å². The van der Waals surface area contributed by atoms with Crippen molar-refractivity contribution in [2.45, 2.75) is 24.6 Å². The molecule has 0 aromatic carbocycles. The third-order valence-electron chi connectivity index (χ3n) is 1.88. The molecule has 0 amide bonds. The molecule has 0 bridgehead atoms. The average Bonchev–Trinajstić information content (AvgIpc) is 1.97. The SMILES string of the molecule is CN1CCC[C@H](Cl)CC1. The molecule has 1 aliphatic rings. The van der Waals surface area contributed by atoms with E-state index in [9.17, 15) is 0 Å². The molecule has 2 heteroatoms. The lowest BCUT2D eigenvalue weighted by Gasteiger charge is -2.10. The second-order valence-corrected chi connectivity index (χ2v) is 3.45. The number of halogens is 1. The Labute approximate surface area is 62.0 Å². The highest BCUT2D eigenvalue weighted by Crippen LogP contribution is 2.14. The minimum atomic E-state index is 0.440. The van der Waals surface area contributed by atoms with E-state index in [4.69, 9.17) is 11.6 Å². The number of nitrogens with zero attached hydrogens (tertiary/aromatic N) is 1. The lowest BCUT2D eigenvalue weighted by atomic mass is 10.2. The molecule has 0 aromatic heterocycles. The first-order chi connectivity index (χ1) is 4.29. The Hall–Kier alpha value is 0.250. The Morgan fingerprint density at radius 2 is 2.11 bits per heavy atom. The van der Waals surface area contributed by atoms with Gasteiger partial charge in [0.05, 0.1) is 0 Å². The summed E-state index contributed by atoms with van der Waals surface area (Å²) in [5.74, 6) is 0. The van der Waals surface area contributed by atoms with Crippen LogP contribution in [-0.4, -0.2) is 30.4 Å². The molecule has 1 fully saturated rings. The topological polar surface area (TPSA) is 3.24 Å². The van der Waals surface area contributed by atoms with Crippen LogP contribution in [0.4, 0.5) is 0 Å². The van der Waals surface area contributed by atoms with Crippen LogP contribution in [0.3, 0.4) is 0 Å². The van der Waals surface area contributed by atoms with Crippen molar-refractivity contribution in [3.63, 3.8) is 0 Å². The van der Waals surface area contributed by atoms with Crippen molar-refractivity contribution in [3.8, 4) is 0 Å². The van der Waals surface area contributed by atoms with Crippen molar-refractivity contribution in [2.75, 3.05) is 20.1 Å². The van der Waals surface area contributed by atoms with E-state index in [0.717, 1.165) is 6.42 Å². The fourth-order valence-electron chi connectivity index (χ4n) is 1.20. The van der Waals surface area contributed by atoms with Gasteiger partial charge in [-0.05, 0) is 39.4 Å². The predicted molar refractivity (Wildman–Crippen MR) is 41.0 cm³/mol. The molecule has 54 valence electrons. The number of hydrogen-bond donors (Lipinski definition) is 0. The molecular formula is C7H14ClN. The van der Waals surface area contributed by atoms with Gasteiger partial charge < -0.3 is 4.90 Å². The van der Waals surface area contributed by atoms with Crippen molar-refractivity contribution >= 4 is 11.6 Å². The fourth-order valence-corrected chi connectivity index (χ4v) is 1.45. The minimum Gasteiger partial charge on any atom is -0.306 e. The molecule has 1 rings (SSSR count). The van der Waals surface area contributed by atoms with Gasteiger partial charge in [-0.1, -0.05) is 0 Å². The van der Waals surface area contributed by atoms with Crippen LogP contribution in [0.2, 0.25) is 0 Å². The monoisotopic (exact) mass is 147 g/mol. The van der Waals surface area contributed by atoms with Crippen LogP contribution in [0.15, 0.2) is 0 Å². The van der Waals surface area contributed by atoms with E-state index in [2.05, 4.69) is 11.9 Å². The van der Waals surface area contributed by atoms with E-state index in [0.29, 0.717) is 5.38 Å². The summed E-state index contributed by atoms with van der Waals surface area (Å²) in [6.07, 6.45) is 3.63. The number of alkyl halides is 1. The first-order valence-corrected chi connectivity index (χ1v) is 4.05. The zero-order chi connectivity index (χ0) is 6.69. The highest BCUT2D eigenvalue weighted by atomic mass is 35.5. The van der Waals surface area contributed by atoms with Crippen molar-refractivity contribution in [2.24, 2.45) is 0 Å². The second-order valence-electron chi connectivity index (χ2n) is 2.83. The standard InChI is InChI=1S/C7H14ClN/c1-9-5-2-3-7(8)4-6-9/h7H,2-6H2,1H3/t7-/m0/s1. The van der Waals surface area contributed by atoms with Gasteiger partial charge in [0.15, 0.2) is 0 Å². The van der Waals surface area contributed by atoms with Crippen LogP contribution >= 0.6 is 11.6 Å². The van der Waals surface area contributed by atoms with Crippen LogP contribution in [0.5, 0.6) is 0 Å². The van der Waals surface area contributed by atoms with Gasteiger partial charge >= 0.3 is 0 Å². The molecule has 0 aliphatic carbocycles. The molecule has 1 aliphatic heterocycles. The Kier molecular flexibility index (Phi) is 2.80. The molecule has 1 nitrogen and oxygen atoms in total. The summed E-state index contributed by atoms with van der Waals surface area (Å²) in [5, 5.41) is 0.440. The molecule has 1 saturated heterocycles. The molecule has 9 heavy (non-hydrogen) atoms. The average molecular weight is 148 g/mol. The van der Waals surface area contributed by atoms with Gasteiger partial charge in [0, 0.05) is 5.38 Å². The first-order valence-electron chi connectivity index (χ1n) is 3.61. The largest absolute Gasteiger partial charge is 0.306 e. The van der Waals surface area contributed by atoms with Crippen LogP contribution in [-0.2, 0) is 0 Å². The van der Waals surface area contributed by atoms with E-state index < -0.39 is 0 Å². The highest BCUT2D eigenvalue weighted by molar-refractivity contribution is 6.20. The lowest BCUT2D eigenvalue weighted by Crippen LogP contribution is -2.18. The summed E-state index contributed by atoms with van der Waals surface area (Å²) in [5.41, 5.74) is 0. The van der Waals surface area contributed by atoms with Gasteiger partial charge in [0.25, 0.3) is 0 Å². The number of likely N-dealkylation sites (tertiary alicyclic amines) is 1. The van der Waals surface area contributed by atoms with Gasteiger partial charge in [-0.2, -0.15) is 0 Å². The Morgan fingerprint density at radius 1 is 1.33 bits per heavy atom.